The molecule has 3 aromatic rings. The van der Waals surface area contributed by atoms with Gasteiger partial charge in [0.05, 0.1) is 27.3 Å². The lowest BCUT2D eigenvalue weighted by molar-refractivity contribution is 1.09. The molecule has 3 rings (SSSR count). The second-order valence-electron chi connectivity index (χ2n) is 3.69. The van der Waals surface area contributed by atoms with E-state index in [1.807, 2.05) is 6.07 Å². The third-order valence-electron chi connectivity index (χ3n) is 2.52. The number of aromatic nitrogens is 4. The van der Waals surface area contributed by atoms with E-state index in [0.29, 0.717) is 21.4 Å². The van der Waals surface area contributed by atoms with Crippen LogP contribution in [0.3, 0.4) is 0 Å². The molecule has 0 aliphatic rings. The Hall–Kier alpha value is -1.85. The standard InChI is InChI=1S/C11H7Cl2N5/c12-7-2-1-5(3-8(7)13)9-6-4-15-18-10(6)17-11(14)16-9/h1-4H,(H3,14,15,16,17,18). The number of fused-ring (bicyclic) bond motifs is 1. The van der Waals surface area contributed by atoms with Gasteiger partial charge >= 0.3 is 0 Å². The number of nitrogens with zero attached hydrogens (tertiary/aromatic N) is 3. The number of hydrogen-bond donors (Lipinski definition) is 2. The molecule has 0 fully saturated rings. The fourth-order valence-corrected chi connectivity index (χ4v) is 2.01. The zero-order chi connectivity index (χ0) is 12.7. The summed E-state index contributed by atoms with van der Waals surface area (Å²) in [6, 6.07) is 5.27. The van der Waals surface area contributed by atoms with Crippen molar-refractivity contribution in [1.82, 2.24) is 20.2 Å². The molecule has 3 N–H and O–H groups in total. The van der Waals surface area contributed by atoms with Crippen molar-refractivity contribution >= 4 is 40.2 Å². The fraction of sp³-hybridized carbons (Fsp3) is 0. The third-order valence-corrected chi connectivity index (χ3v) is 3.26. The summed E-state index contributed by atoms with van der Waals surface area (Å²) in [4.78, 5) is 8.27. The molecule has 90 valence electrons. The van der Waals surface area contributed by atoms with Crippen LogP contribution in [0.1, 0.15) is 0 Å². The van der Waals surface area contributed by atoms with Crippen LogP contribution in [0.4, 0.5) is 5.95 Å². The Bertz CT molecular complexity index is 737. The van der Waals surface area contributed by atoms with E-state index in [2.05, 4.69) is 20.2 Å². The van der Waals surface area contributed by atoms with Gasteiger partial charge in [0, 0.05) is 5.56 Å². The van der Waals surface area contributed by atoms with E-state index in [0.717, 1.165) is 10.9 Å². The maximum Gasteiger partial charge on any atom is 0.222 e. The van der Waals surface area contributed by atoms with Crippen molar-refractivity contribution in [3.63, 3.8) is 0 Å². The number of anilines is 1. The number of hydrogen-bond acceptors (Lipinski definition) is 4. The molecule has 0 unspecified atom stereocenters. The highest BCUT2D eigenvalue weighted by Crippen LogP contribution is 2.30. The van der Waals surface area contributed by atoms with Crippen molar-refractivity contribution in [1.29, 1.82) is 0 Å². The lowest BCUT2D eigenvalue weighted by Gasteiger charge is -2.04. The molecule has 7 heteroatoms. The van der Waals surface area contributed by atoms with Crippen molar-refractivity contribution in [2.45, 2.75) is 0 Å². The molecule has 2 heterocycles. The first-order valence-corrected chi connectivity index (χ1v) is 5.83. The first-order valence-electron chi connectivity index (χ1n) is 5.07. The maximum atomic E-state index is 6.00. The number of H-pyrrole nitrogens is 1. The number of nitrogen functional groups attached to an aromatic ring is 1. The zero-order valence-corrected chi connectivity index (χ0v) is 10.5. The molecule has 1 aromatic carbocycles. The molecule has 0 atom stereocenters. The summed E-state index contributed by atoms with van der Waals surface area (Å²) < 4.78 is 0. The first kappa shape index (κ1) is 11.3. The molecule has 18 heavy (non-hydrogen) atoms. The minimum Gasteiger partial charge on any atom is -0.368 e. The Morgan fingerprint density at radius 2 is 1.94 bits per heavy atom. The van der Waals surface area contributed by atoms with Gasteiger partial charge in [0.1, 0.15) is 0 Å². The quantitative estimate of drug-likeness (QED) is 0.718. The predicted octanol–water partition coefficient (Wildman–Crippen LogP) is 2.91. The lowest BCUT2D eigenvalue weighted by atomic mass is 10.1. The van der Waals surface area contributed by atoms with Crippen LogP contribution in [0.5, 0.6) is 0 Å². The monoisotopic (exact) mass is 279 g/mol. The van der Waals surface area contributed by atoms with Crippen molar-refractivity contribution in [2.75, 3.05) is 5.73 Å². The van der Waals surface area contributed by atoms with Gasteiger partial charge in [0.15, 0.2) is 5.65 Å². The highest BCUT2D eigenvalue weighted by molar-refractivity contribution is 6.42. The van der Waals surface area contributed by atoms with E-state index >= 15 is 0 Å². The Labute approximate surface area is 112 Å². The van der Waals surface area contributed by atoms with E-state index in [1.165, 1.54) is 0 Å². The molecule has 0 saturated carbocycles. The van der Waals surface area contributed by atoms with Gasteiger partial charge in [0.2, 0.25) is 5.95 Å². The summed E-state index contributed by atoms with van der Waals surface area (Å²) in [6.45, 7) is 0. The molecule has 0 spiro atoms. The van der Waals surface area contributed by atoms with Crippen molar-refractivity contribution in [2.24, 2.45) is 0 Å². The van der Waals surface area contributed by atoms with Gasteiger partial charge < -0.3 is 5.73 Å². The van der Waals surface area contributed by atoms with E-state index in [9.17, 15) is 0 Å². The molecule has 0 aliphatic heterocycles. The van der Waals surface area contributed by atoms with E-state index in [1.54, 1.807) is 18.3 Å². The summed E-state index contributed by atoms with van der Waals surface area (Å²) in [7, 11) is 0. The van der Waals surface area contributed by atoms with E-state index in [-0.39, 0.29) is 5.95 Å². The molecular formula is C11H7Cl2N5. The predicted molar refractivity (Wildman–Crippen MR) is 71.6 cm³/mol. The average molecular weight is 280 g/mol. The maximum absolute atomic E-state index is 6.00. The molecule has 2 aromatic heterocycles. The van der Waals surface area contributed by atoms with Gasteiger partial charge in [-0.2, -0.15) is 10.1 Å². The molecule has 0 radical (unpaired) electrons. The van der Waals surface area contributed by atoms with E-state index < -0.39 is 0 Å². The Morgan fingerprint density at radius 1 is 1.11 bits per heavy atom. The molecule has 0 saturated heterocycles. The van der Waals surface area contributed by atoms with E-state index in [4.69, 9.17) is 28.9 Å². The van der Waals surface area contributed by atoms with Gasteiger partial charge in [-0.25, -0.2) is 4.98 Å². The number of benzene rings is 1. The second-order valence-corrected chi connectivity index (χ2v) is 4.51. The number of aromatic amines is 1. The minimum atomic E-state index is 0.174. The number of halogens is 2. The summed E-state index contributed by atoms with van der Waals surface area (Å²) in [6.07, 6.45) is 1.65. The van der Waals surface area contributed by atoms with Gasteiger partial charge in [0.25, 0.3) is 0 Å². The molecule has 0 amide bonds. The fourth-order valence-electron chi connectivity index (χ4n) is 1.72. The Morgan fingerprint density at radius 3 is 2.72 bits per heavy atom. The van der Waals surface area contributed by atoms with Crippen LogP contribution in [0, 0.1) is 0 Å². The summed E-state index contributed by atoms with van der Waals surface area (Å²) in [5, 5.41) is 8.42. The number of rotatable bonds is 1. The van der Waals surface area contributed by atoms with Crippen molar-refractivity contribution in [3.8, 4) is 11.3 Å². The normalized spacial score (nSPS) is 11.0. The lowest BCUT2D eigenvalue weighted by Crippen LogP contribution is -1.97. The van der Waals surface area contributed by atoms with Gasteiger partial charge in [-0.3, -0.25) is 5.10 Å². The van der Waals surface area contributed by atoms with Crippen molar-refractivity contribution in [3.05, 3.63) is 34.4 Å². The minimum absolute atomic E-state index is 0.174. The zero-order valence-electron chi connectivity index (χ0n) is 8.98. The summed E-state index contributed by atoms with van der Waals surface area (Å²) >= 11 is 11.9. The third kappa shape index (κ3) is 1.77. The van der Waals surface area contributed by atoms with Crippen LogP contribution < -0.4 is 5.73 Å². The highest BCUT2D eigenvalue weighted by Gasteiger charge is 2.11. The summed E-state index contributed by atoms with van der Waals surface area (Å²) in [5.41, 5.74) is 7.73. The summed E-state index contributed by atoms with van der Waals surface area (Å²) in [5.74, 6) is 0.174. The Kier molecular flexibility index (Phi) is 2.57. The van der Waals surface area contributed by atoms with Crippen LogP contribution in [0.2, 0.25) is 10.0 Å². The number of nitrogens with one attached hydrogen (secondary N) is 1. The topological polar surface area (TPSA) is 80.5 Å². The van der Waals surface area contributed by atoms with Crippen LogP contribution >= 0.6 is 23.2 Å². The number of nitrogens with two attached hydrogens (primary N) is 1. The van der Waals surface area contributed by atoms with Crippen LogP contribution in [-0.4, -0.2) is 20.2 Å². The van der Waals surface area contributed by atoms with Crippen LogP contribution in [0.25, 0.3) is 22.3 Å². The molecule has 0 bridgehead atoms. The second kappa shape index (κ2) is 4.12. The smallest absolute Gasteiger partial charge is 0.222 e. The Balaban J connectivity index is 2.30. The highest BCUT2D eigenvalue weighted by atomic mass is 35.5. The molecule has 5 nitrogen and oxygen atoms in total. The van der Waals surface area contributed by atoms with Crippen LogP contribution in [0.15, 0.2) is 24.4 Å². The van der Waals surface area contributed by atoms with Crippen LogP contribution in [-0.2, 0) is 0 Å². The molecule has 0 aliphatic carbocycles. The first-order chi connectivity index (χ1) is 8.65. The largest absolute Gasteiger partial charge is 0.368 e. The van der Waals surface area contributed by atoms with Gasteiger partial charge in [-0.15, -0.1) is 0 Å². The average Bonchev–Trinajstić information content (AvgIpc) is 2.79. The SMILES string of the molecule is Nc1nc(-c2ccc(Cl)c(Cl)c2)c2cn[nH]c2n1. The van der Waals surface area contributed by atoms with Gasteiger partial charge in [-0.05, 0) is 12.1 Å². The van der Waals surface area contributed by atoms with Gasteiger partial charge in [-0.1, -0.05) is 29.3 Å². The van der Waals surface area contributed by atoms with Crippen molar-refractivity contribution < 1.29 is 0 Å². The molecular weight excluding hydrogens is 273 g/mol.